The van der Waals surface area contributed by atoms with Crippen LogP contribution in [0.4, 0.5) is 5.95 Å². The second-order valence-electron chi connectivity index (χ2n) is 10.3. The third kappa shape index (κ3) is 5.50. The van der Waals surface area contributed by atoms with Crippen LogP contribution in [-0.4, -0.2) is 42.0 Å². The summed E-state index contributed by atoms with van der Waals surface area (Å²) in [7, 11) is -4.10. The van der Waals surface area contributed by atoms with Crippen LogP contribution in [0.2, 0.25) is 0 Å². The van der Waals surface area contributed by atoms with Crippen molar-refractivity contribution in [1.82, 2.24) is 15.0 Å². The summed E-state index contributed by atoms with van der Waals surface area (Å²) in [6.07, 6.45) is 0.549. The number of aromatic nitrogens is 2. The molecule has 10 heteroatoms. The molecule has 1 aliphatic rings. The standard InChI is InChI=1S/C26H31N5O4S/c1-16-8-6-9-17(2)23(16)21-13-22-29-25(28-21)30-36(33,34)20-11-7-10-18(12-20)24(32)31(27)19(15-35-22)14-26(3,4)5/h6-13,19H,14-15,27H2,1-5H3,(H,28,29,30)/t19-/m1/s1. The Labute approximate surface area is 211 Å². The predicted molar refractivity (Wildman–Crippen MR) is 138 cm³/mol. The Kier molecular flexibility index (Phi) is 6.76. The maximum atomic E-state index is 13.2. The molecule has 1 amide bonds. The van der Waals surface area contributed by atoms with Gasteiger partial charge in [0, 0.05) is 17.2 Å². The predicted octanol–water partition coefficient (Wildman–Crippen LogP) is 4.07. The van der Waals surface area contributed by atoms with Gasteiger partial charge in [-0.05, 0) is 55.0 Å². The average Bonchev–Trinajstić information content (AvgIpc) is 2.79. The second-order valence-corrected chi connectivity index (χ2v) is 11.9. The van der Waals surface area contributed by atoms with Crippen molar-refractivity contribution in [3.05, 3.63) is 65.2 Å². The number of nitrogens with two attached hydrogens (primary N) is 1. The highest BCUT2D eigenvalue weighted by Crippen LogP contribution is 2.30. The van der Waals surface area contributed by atoms with Crippen LogP contribution < -0.4 is 15.3 Å². The van der Waals surface area contributed by atoms with E-state index in [1.807, 2.05) is 52.8 Å². The van der Waals surface area contributed by atoms with Gasteiger partial charge in [-0.3, -0.25) is 9.80 Å². The molecule has 4 bridgehead atoms. The smallest absolute Gasteiger partial charge is 0.268 e. The molecule has 3 N–H and O–H groups in total. The van der Waals surface area contributed by atoms with Gasteiger partial charge in [-0.25, -0.2) is 24.0 Å². The first-order valence-corrected chi connectivity index (χ1v) is 13.1. The number of benzene rings is 2. The fraction of sp³-hybridized carbons (Fsp3) is 0.346. The zero-order chi connectivity index (χ0) is 26.3. The largest absolute Gasteiger partial charge is 0.475 e. The van der Waals surface area contributed by atoms with Crippen LogP contribution in [0.25, 0.3) is 11.3 Å². The summed E-state index contributed by atoms with van der Waals surface area (Å²) < 4.78 is 34.9. The molecule has 2 heterocycles. The van der Waals surface area contributed by atoms with Gasteiger partial charge in [-0.1, -0.05) is 45.0 Å². The van der Waals surface area contributed by atoms with Crippen molar-refractivity contribution >= 4 is 21.9 Å². The SMILES string of the molecule is Cc1cccc(C)c1-c1cc2nc(n1)NS(=O)(=O)c1cccc(c1)C(=O)N(N)[C@H](CC(C)(C)C)CO2. The minimum absolute atomic E-state index is 0.0641. The van der Waals surface area contributed by atoms with E-state index in [0.29, 0.717) is 12.1 Å². The van der Waals surface area contributed by atoms with Gasteiger partial charge in [0.2, 0.25) is 11.8 Å². The molecule has 190 valence electrons. The van der Waals surface area contributed by atoms with Crippen LogP contribution >= 0.6 is 0 Å². The third-order valence-corrected chi connectivity index (χ3v) is 7.28. The van der Waals surface area contributed by atoms with Crippen LogP contribution in [0.3, 0.4) is 0 Å². The Bertz CT molecular complexity index is 1400. The highest BCUT2D eigenvalue weighted by atomic mass is 32.2. The summed E-state index contributed by atoms with van der Waals surface area (Å²) >= 11 is 0. The van der Waals surface area contributed by atoms with Crippen LogP contribution in [0.5, 0.6) is 5.88 Å². The van der Waals surface area contributed by atoms with Gasteiger partial charge in [-0.2, -0.15) is 4.98 Å². The van der Waals surface area contributed by atoms with Gasteiger partial charge in [0.25, 0.3) is 15.9 Å². The topological polar surface area (TPSA) is 128 Å². The van der Waals surface area contributed by atoms with E-state index in [1.54, 1.807) is 6.07 Å². The van der Waals surface area contributed by atoms with Crippen molar-refractivity contribution in [2.75, 3.05) is 11.3 Å². The third-order valence-electron chi connectivity index (χ3n) is 5.96. The number of anilines is 1. The lowest BCUT2D eigenvalue weighted by Gasteiger charge is -2.32. The van der Waals surface area contributed by atoms with E-state index in [1.165, 1.54) is 24.3 Å². The lowest BCUT2D eigenvalue weighted by Crippen LogP contribution is -2.50. The number of carbonyl (C=O) groups is 1. The van der Waals surface area contributed by atoms with Crippen molar-refractivity contribution in [2.24, 2.45) is 11.3 Å². The van der Waals surface area contributed by atoms with Gasteiger partial charge in [0.1, 0.15) is 6.61 Å². The number of rotatable bonds is 2. The van der Waals surface area contributed by atoms with Crippen LogP contribution in [0.1, 0.15) is 48.7 Å². The number of hydrazine groups is 1. The number of fused-ring (bicyclic) bond motifs is 4. The highest BCUT2D eigenvalue weighted by Gasteiger charge is 2.29. The Balaban J connectivity index is 1.89. The van der Waals surface area contributed by atoms with E-state index in [0.717, 1.165) is 21.7 Å². The molecule has 36 heavy (non-hydrogen) atoms. The number of hydrogen-bond acceptors (Lipinski definition) is 7. The maximum Gasteiger partial charge on any atom is 0.268 e. The van der Waals surface area contributed by atoms with Crippen molar-refractivity contribution in [3.8, 4) is 17.1 Å². The molecule has 0 saturated carbocycles. The minimum atomic E-state index is -4.10. The van der Waals surface area contributed by atoms with Gasteiger partial charge in [0.15, 0.2) is 0 Å². The van der Waals surface area contributed by atoms with E-state index in [4.69, 9.17) is 10.6 Å². The van der Waals surface area contributed by atoms with Gasteiger partial charge < -0.3 is 4.74 Å². The second kappa shape index (κ2) is 9.51. The number of ether oxygens (including phenoxy) is 1. The molecule has 1 aromatic heterocycles. The first-order valence-electron chi connectivity index (χ1n) is 11.6. The Morgan fingerprint density at radius 1 is 1.08 bits per heavy atom. The fourth-order valence-electron chi connectivity index (χ4n) is 4.31. The summed E-state index contributed by atoms with van der Waals surface area (Å²) in [4.78, 5) is 22.0. The highest BCUT2D eigenvalue weighted by molar-refractivity contribution is 7.92. The fourth-order valence-corrected chi connectivity index (χ4v) is 5.30. The summed E-state index contributed by atoms with van der Waals surface area (Å²) in [6.45, 7) is 10.1. The van der Waals surface area contributed by atoms with E-state index in [9.17, 15) is 13.2 Å². The molecule has 1 atom stereocenters. The molecule has 4 rings (SSSR count). The monoisotopic (exact) mass is 509 g/mol. The van der Waals surface area contributed by atoms with Crippen molar-refractivity contribution in [3.63, 3.8) is 0 Å². The first-order chi connectivity index (χ1) is 16.8. The Hall–Kier alpha value is -3.50. The molecule has 0 saturated heterocycles. The number of nitrogens with zero attached hydrogens (tertiary/aromatic N) is 3. The number of hydrogen-bond donors (Lipinski definition) is 2. The summed E-state index contributed by atoms with van der Waals surface area (Å²) in [5.41, 5.74) is 3.32. The summed E-state index contributed by atoms with van der Waals surface area (Å²) in [5, 5.41) is 1.12. The number of nitrogens with one attached hydrogen (secondary N) is 1. The van der Waals surface area contributed by atoms with E-state index in [2.05, 4.69) is 14.7 Å². The molecule has 0 unspecified atom stereocenters. The molecule has 9 nitrogen and oxygen atoms in total. The zero-order valence-electron chi connectivity index (χ0n) is 21.1. The molecule has 1 aliphatic heterocycles. The molecule has 2 aromatic carbocycles. The molecule has 0 spiro atoms. The molecule has 0 radical (unpaired) electrons. The molecular weight excluding hydrogens is 478 g/mol. The number of amides is 1. The summed E-state index contributed by atoms with van der Waals surface area (Å²) in [5.74, 6) is 5.85. The lowest BCUT2D eigenvalue weighted by atomic mass is 9.88. The minimum Gasteiger partial charge on any atom is -0.475 e. The van der Waals surface area contributed by atoms with E-state index < -0.39 is 22.0 Å². The van der Waals surface area contributed by atoms with Crippen LogP contribution in [0.15, 0.2) is 53.4 Å². The number of carbonyl (C=O) groups excluding carboxylic acids is 1. The quantitative estimate of drug-likeness (QED) is 0.394. The van der Waals surface area contributed by atoms with E-state index >= 15 is 0 Å². The van der Waals surface area contributed by atoms with Gasteiger partial charge in [0.05, 0.1) is 16.6 Å². The average molecular weight is 510 g/mol. The first kappa shape index (κ1) is 25.6. The van der Waals surface area contributed by atoms with Crippen molar-refractivity contribution < 1.29 is 17.9 Å². The zero-order valence-corrected chi connectivity index (χ0v) is 21.9. The van der Waals surface area contributed by atoms with Gasteiger partial charge >= 0.3 is 0 Å². The van der Waals surface area contributed by atoms with E-state index in [-0.39, 0.29) is 34.3 Å². The molecule has 3 aromatic rings. The lowest BCUT2D eigenvalue weighted by molar-refractivity contribution is 0.0536. The molecule has 0 fully saturated rings. The van der Waals surface area contributed by atoms with Crippen LogP contribution in [0, 0.1) is 19.3 Å². The number of aryl methyl sites for hydroxylation is 2. The number of sulfonamides is 1. The van der Waals surface area contributed by atoms with Gasteiger partial charge in [-0.15, -0.1) is 0 Å². The normalized spacial score (nSPS) is 17.8. The summed E-state index contributed by atoms with van der Waals surface area (Å²) in [6, 6.07) is 12.8. The maximum absolute atomic E-state index is 13.2. The molecular formula is C26H31N5O4S. The Morgan fingerprint density at radius 2 is 1.75 bits per heavy atom. The Morgan fingerprint density at radius 3 is 2.42 bits per heavy atom. The van der Waals surface area contributed by atoms with Crippen LogP contribution in [-0.2, 0) is 10.0 Å². The van der Waals surface area contributed by atoms with Crippen molar-refractivity contribution in [1.29, 1.82) is 0 Å². The van der Waals surface area contributed by atoms with Crippen molar-refractivity contribution in [2.45, 2.75) is 52.0 Å². The molecule has 0 aliphatic carbocycles.